The lowest BCUT2D eigenvalue weighted by atomic mass is 10.1. The summed E-state index contributed by atoms with van der Waals surface area (Å²) in [5.41, 5.74) is 2.12. The van der Waals surface area contributed by atoms with Crippen molar-refractivity contribution >= 4 is 17.5 Å². The monoisotopic (exact) mass is 347 g/mol. The lowest BCUT2D eigenvalue weighted by molar-refractivity contribution is -0.121. The summed E-state index contributed by atoms with van der Waals surface area (Å²) in [6.07, 6.45) is 1.15. The maximum absolute atomic E-state index is 11.8. The number of amides is 1. The number of aryl methyl sites for hydroxylation is 2. The molecule has 24 heavy (non-hydrogen) atoms. The van der Waals surface area contributed by atoms with E-state index in [1.807, 2.05) is 43.3 Å². The Kier molecular flexibility index (Phi) is 6.94. The van der Waals surface area contributed by atoms with Gasteiger partial charge in [-0.25, -0.2) is 0 Å². The summed E-state index contributed by atoms with van der Waals surface area (Å²) < 4.78 is 10.7. The number of carbonyl (C=O) groups is 1. The average Bonchev–Trinajstić information content (AvgIpc) is 2.60. The Morgan fingerprint density at radius 3 is 2.50 bits per heavy atom. The van der Waals surface area contributed by atoms with Crippen LogP contribution in [0.1, 0.15) is 17.5 Å². The summed E-state index contributed by atoms with van der Waals surface area (Å²) >= 11 is 6.04. The van der Waals surface area contributed by atoms with E-state index in [-0.39, 0.29) is 5.91 Å². The quantitative estimate of drug-likeness (QED) is 0.739. The molecule has 0 heterocycles. The van der Waals surface area contributed by atoms with Gasteiger partial charge in [0.2, 0.25) is 5.91 Å². The van der Waals surface area contributed by atoms with Crippen LogP contribution in [0.15, 0.2) is 42.5 Å². The predicted octanol–water partition coefficient (Wildman–Crippen LogP) is 3.78. The molecule has 0 aliphatic carbocycles. The summed E-state index contributed by atoms with van der Waals surface area (Å²) in [6.45, 7) is 2.82. The number of hydrogen-bond donors (Lipinski definition) is 1. The smallest absolute Gasteiger partial charge is 0.220 e. The van der Waals surface area contributed by atoms with Gasteiger partial charge in [0, 0.05) is 11.4 Å². The van der Waals surface area contributed by atoms with E-state index in [1.165, 1.54) is 0 Å². The first kappa shape index (κ1) is 18.1. The summed E-state index contributed by atoms with van der Waals surface area (Å²) in [5, 5.41) is 3.53. The lowest BCUT2D eigenvalue weighted by Gasteiger charge is -2.09. The second kappa shape index (κ2) is 9.18. The maximum atomic E-state index is 11.8. The van der Waals surface area contributed by atoms with Crippen molar-refractivity contribution in [3.63, 3.8) is 0 Å². The zero-order valence-corrected chi connectivity index (χ0v) is 14.7. The van der Waals surface area contributed by atoms with Gasteiger partial charge in [-0.2, -0.15) is 0 Å². The average molecular weight is 348 g/mol. The van der Waals surface area contributed by atoms with Crippen LogP contribution in [0.2, 0.25) is 5.02 Å². The number of hydrogen-bond acceptors (Lipinski definition) is 3. The Morgan fingerprint density at radius 2 is 1.83 bits per heavy atom. The molecule has 1 N–H and O–H groups in total. The first-order valence-corrected chi connectivity index (χ1v) is 8.25. The summed E-state index contributed by atoms with van der Waals surface area (Å²) in [6, 6.07) is 13.3. The minimum Gasteiger partial charge on any atom is -0.497 e. The Hall–Kier alpha value is -2.20. The minimum atomic E-state index is 0.0105. The standard InChI is InChI=1S/C19H22ClNO3/c1-14-3-7-17(13-18(14)20)24-12-11-21-19(22)10-6-15-4-8-16(23-2)9-5-15/h3-5,7-9,13H,6,10-12H2,1-2H3,(H,21,22). The van der Waals surface area contributed by atoms with Crippen molar-refractivity contribution in [2.24, 2.45) is 0 Å². The summed E-state index contributed by atoms with van der Waals surface area (Å²) in [7, 11) is 1.63. The molecule has 4 nitrogen and oxygen atoms in total. The highest BCUT2D eigenvalue weighted by atomic mass is 35.5. The van der Waals surface area contributed by atoms with Crippen LogP contribution in [0.25, 0.3) is 0 Å². The second-order valence-corrected chi connectivity index (χ2v) is 5.86. The van der Waals surface area contributed by atoms with E-state index in [2.05, 4.69) is 5.32 Å². The predicted molar refractivity (Wildman–Crippen MR) is 96.0 cm³/mol. The minimum absolute atomic E-state index is 0.0105. The fourth-order valence-electron chi connectivity index (χ4n) is 2.16. The van der Waals surface area contributed by atoms with E-state index < -0.39 is 0 Å². The van der Waals surface area contributed by atoms with Crippen molar-refractivity contribution < 1.29 is 14.3 Å². The first-order chi connectivity index (χ1) is 11.6. The molecule has 0 atom stereocenters. The van der Waals surface area contributed by atoms with E-state index in [0.29, 0.717) is 36.8 Å². The highest BCUT2D eigenvalue weighted by molar-refractivity contribution is 6.31. The van der Waals surface area contributed by atoms with E-state index >= 15 is 0 Å². The molecule has 0 bridgehead atoms. The molecule has 0 spiro atoms. The van der Waals surface area contributed by atoms with Crippen molar-refractivity contribution in [2.75, 3.05) is 20.3 Å². The zero-order valence-electron chi connectivity index (χ0n) is 14.0. The van der Waals surface area contributed by atoms with Gasteiger partial charge < -0.3 is 14.8 Å². The van der Waals surface area contributed by atoms with Crippen molar-refractivity contribution in [1.82, 2.24) is 5.32 Å². The topological polar surface area (TPSA) is 47.6 Å². The van der Waals surface area contributed by atoms with Crippen LogP contribution in [0, 0.1) is 6.92 Å². The fraction of sp³-hybridized carbons (Fsp3) is 0.316. The Labute approximate surface area is 147 Å². The third kappa shape index (κ3) is 5.78. The molecular formula is C19H22ClNO3. The van der Waals surface area contributed by atoms with Gasteiger partial charge in [0.05, 0.1) is 13.7 Å². The van der Waals surface area contributed by atoms with Crippen molar-refractivity contribution in [2.45, 2.75) is 19.8 Å². The summed E-state index contributed by atoms with van der Waals surface area (Å²) in [5.74, 6) is 1.53. The van der Waals surface area contributed by atoms with Crippen molar-refractivity contribution in [3.05, 3.63) is 58.6 Å². The number of methoxy groups -OCH3 is 1. The molecule has 0 aliphatic heterocycles. The van der Waals surface area contributed by atoms with Crippen molar-refractivity contribution in [1.29, 1.82) is 0 Å². The number of halogens is 1. The van der Waals surface area contributed by atoms with Gasteiger partial charge in [0.25, 0.3) is 0 Å². The number of ether oxygens (including phenoxy) is 2. The normalized spacial score (nSPS) is 10.3. The van der Waals surface area contributed by atoms with Gasteiger partial charge in [0.1, 0.15) is 18.1 Å². The molecule has 0 fully saturated rings. The molecule has 128 valence electrons. The van der Waals surface area contributed by atoms with Crippen LogP contribution in [-0.2, 0) is 11.2 Å². The van der Waals surface area contributed by atoms with Crippen LogP contribution in [-0.4, -0.2) is 26.2 Å². The van der Waals surface area contributed by atoms with E-state index in [0.717, 1.165) is 16.9 Å². The van der Waals surface area contributed by atoms with Crippen molar-refractivity contribution in [3.8, 4) is 11.5 Å². The van der Waals surface area contributed by atoms with Gasteiger partial charge >= 0.3 is 0 Å². The SMILES string of the molecule is COc1ccc(CCC(=O)NCCOc2ccc(C)c(Cl)c2)cc1. The number of nitrogens with one attached hydrogen (secondary N) is 1. The van der Waals surface area contributed by atoms with E-state index in [4.69, 9.17) is 21.1 Å². The molecule has 0 radical (unpaired) electrons. The Balaban J connectivity index is 1.64. The third-order valence-corrected chi connectivity index (χ3v) is 4.04. The molecule has 2 aromatic rings. The lowest BCUT2D eigenvalue weighted by Crippen LogP contribution is -2.28. The van der Waals surface area contributed by atoms with Crippen LogP contribution >= 0.6 is 11.6 Å². The van der Waals surface area contributed by atoms with E-state index in [9.17, 15) is 4.79 Å². The largest absolute Gasteiger partial charge is 0.497 e. The van der Waals surface area contributed by atoms with Crippen LogP contribution in [0.5, 0.6) is 11.5 Å². The fourth-order valence-corrected chi connectivity index (χ4v) is 2.33. The van der Waals surface area contributed by atoms with Crippen LogP contribution in [0.3, 0.4) is 0 Å². The molecular weight excluding hydrogens is 326 g/mol. The second-order valence-electron chi connectivity index (χ2n) is 5.46. The molecule has 0 unspecified atom stereocenters. The number of rotatable bonds is 8. The Morgan fingerprint density at radius 1 is 1.12 bits per heavy atom. The Bertz CT molecular complexity index is 671. The van der Waals surface area contributed by atoms with Gasteiger partial charge in [-0.3, -0.25) is 4.79 Å². The first-order valence-electron chi connectivity index (χ1n) is 7.87. The highest BCUT2D eigenvalue weighted by Gasteiger charge is 2.03. The molecule has 0 aromatic heterocycles. The molecule has 0 saturated heterocycles. The highest BCUT2D eigenvalue weighted by Crippen LogP contribution is 2.21. The molecule has 5 heteroatoms. The van der Waals surface area contributed by atoms with Gasteiger partial charge in [-0.1, -0.05) is 29.8 Å². The van der Waals surface area contributed by atoms with Crippen LogP contribution in [0.4, 0.5) is 0 Å². The molecule has 1 amide bonds. The van der Waals surface area contributed by atoms with Gasteiger partial charge in [-0.15, -0.1) is 0 Å². The maximum Gasteiger partial charge on any atom is 0.220 e. The summed E-state index contributed by atoms with van der Waals surface area (Å²) in [4.78, 5) is 11.8. The van der Waals surface area contributed by atoms with Gasteiger partial charge in [-0.05, 0) is 48.7 Å². The van der Waals surface area contributed by atoms with Crippen LogP contribution < -0.4 is 14.8 Å². The van der Waals surface area contributed by atoms with Gasteiger partial charge in [0.15, 0.2) is 0 Å². The zero-order chi connectivity index (χ0) is 17.4. The third-order valence-electron chi connectivity index (χ3n) is 3.64. The molecule has 2 aromatic carbocycles. The molecule has 2 rings (SSSR count). The number of carbonyl (C=O) groups excluding carboxylic acids is 1. The molecule has 0 aliphatic rings. The molecule has 0 saturated carbocycles. The number of benzene rings is 2. The van der Waals surface area contributed by atoms with E-state index in [1.54, 1.807) is 13.2 Å².